The zero-order valence-electron chi connectivity index (χ0n) is 16.1. The Kier molecular flexibility index (Phi) is 7.23. The lowest BCUT2D eigenvalue weighted by Crippen LogP contribution is -2.20. The number of rotatable bonds is 8. The summed E-state index contributed by atoms with van der Waals surface area (Å²) in [5, 5.41) is 2.79. The molecule has 2 rings (SSSR count). The topological polar surface area (TPSA) is 73.9 Å². The molecule has 2 aromatic rings. The van der Waals surface area contributed by atoms with E-state index in [1.807, 2.05) is 24.3 Å². The number of anilines is 1. The van der Waals surface area contributed by atoms with Crippen molar-refractivity contribution in [2.75, 3.05) is 26.1 Å². The number of hydrogen-bond donors (Lipinski definition) is 1. The van der Waals surface area contributed by atoms with E-state index in [0.717, 1.165) is 6.42 Å². The molecule has 0 radical (unpaired) electrons. The van der Waals surface area contributed by atoms with Crippen LogP contribution in [0.5, 0.6) is 11.5 Å². The van der Waals surface area contributed by atoms with E-state index in [4.69, 9.17) is 9.47 Å². The largest absolute Gasteiger partial charge is 0.493 e. The Morgan fingerprint density at radius 1 is 1.04 bits per heavy atom. The average Bonchev–Trinajstić information content (AvgIpc) is 2.71. The van der Waals surface area contributed by atoms with Crippen LogP contribution in [0.1, 0.15) is 42.1 Å². The molecule has 0 aliphatic rings. The fourth-order valence-corrected chi connectivity index (χ4v) is 2.50. The van der Waals surface area contributed by atoms with E-state index in [1.54, 1.807) is 12.1 Å². The van der Waals surface area contributed by atoms with Crippen molar-refractivity contribution in [2.24, 2.45) is 0 Å². The van der Waals surface area contributed by atoms with Crippen molar-refractivity contribution >= 4 is 17.6 Å². The van der Waals surface area contributed by atoms with E-state index in [0.29, 0.717) is 28.7 Å². The van der Waals surface area contributed by atoms with E-state index in [-0.39, 0.29) is 12.5 Å². The minimum atomic E-state index is -0.474. The van der Waals surface area contributed by atoms with Gasteiger partial charge in [-0.1, -0.05) is 26.0 Å². The molecule has 27 heavy (non-hydrogen) atoms. The number of amides is 1. The number of carbonyl (C=O) groups is 2. The van der Waals surface area contributed by atoms with Gasteiger partial charge in [0.1, 0.15) is 0 Å². The molecule has 6 heteroatoms. The molecule has 1 N–H and O–H groups in total. The van der Waals surface area contributed by atoms with Crippen molar-refractivity contribution in [2.45, 2.75) is 26.2 Å². The van der Waals surface area contributed by atoms with Crippen molar-refractivity contribution < 1.29 is 23.8 Å². The van der Waals surface area contributed by atoms with Gasteiger partial charge in [-0.2, -0.15) is 0 Å². The van der Waals surface area contributed by atoms with Crippen LogP contribution in [0.3, 0.4) is 0 Å². The molecule has 0 saturated heterocycles. The number of nitrogens with one attached hydrogen (secondary N) is 1. The van der Waals surface area contributed by atoms with Gasteiger partial charge in [-0.05, 0) is 48.2 Å². The summed E-state index contributed by atoms with van der Waals surface area (Å²) in [6.45, 7) is 4.13. The number of benzene rings is 2. The Balaban J connectivity index is 1.96. The number of methoxy groups -OCH3 is 2. The average molecular weight is 371 g/mol. The van der Waals surface area contributed by atoms with Crippen molar-refractivity contribution in [3.63, 3.8) is 0 Å². The van der Waals surface area contributed by atoms with Crippen LogP contribution in [0.2, 0.25) is 0 Å². The standard InChI is InChI=1S/C21H25NO5/c1-5-14(2)15-6-9-17(10-7-15)22-20(23)13-27-18-11-8-16(21(24)26-4)12-19(18)25-3/h6-12,14H,5,13H2,1-4H3,(H,22,23)/t14-/m0/s1. The van der Waals surface area contributed by atoms with Gasteiger partial charge in [-0.25, -0.2) is 4.79 Å². The lowest BCUT2D eigenvalue weighted by molar-refractivity contribution is -0.118. The lowest BCUT2D eigenvalue weighted by atomic mass is 9.99. The van der Waals surface area contributed by atoms with Crippen molar-refractivity contribution in [3.05, 3.63) is 53.6 Å². The predicted octanol–water partition coefficient (Wildman–Crippen LogP) is 4.01. The summed E-state index contributed by atoms with van der Waals surface area (Å²) < 4.78 is 15.4. The van der Waals surface area contributed by atoms with Crippen LogP contribution in [0.25, 0.3) is 0 Å². The van der Waals surface area contributed by atoms with Crippen LogP contribution in [0.4, 0.5) is 5.69 Å². The first kappa shape index (κ1) is 20.3. The van der Waals surface area contributed by atoms with Gasteiger partial charge in [0, 0.05) is 5.69 Å². The quantitative estimate of drug-likeness (QED) is 0.710. The molecule has 0 heterocycles. The maximum absolute atomic E-state index is 12.1. The molecule has 0 fully saturated rings. The summed E-state index contributed by atoms with van der Waals surface area (Å²) in [7, 11) is 2.77. The molecule has 1 amide bonds. The fraction of sp³-hybridized carbons (Fsp3) is 0.333. The number of esters is 1. The highest BCUT2D eigenvalue weighted by Gasteiger charge is 2.13. The van der Waals surface area contributed by atoms with Gasteiger partial charge in [-0.15, -0.1) is 0 Å². The van der Waals surface area contributed by atoms with Gasteiger partial charge >= 0.3 is 5.97 Å². The lowest BCUT2D eigenvalue weighted by Gasteiger charge is -2.13. The smallest absolute Gasteiger partial charge is 0.337 e. The number of ether oxygens (including phenoxy) is 3. The SMILES string of the molecule is CC[C@H](C)c1ccc(NC(=O)COc2ccc(C(=O)OC)cc2OC)cc1. The Labute approximate surface area is 159 Å². The molecule has 0 saturated carbocycles. The van der Waals surface area contributed by atoms with Gasteiger partial charge in [0.2, 0.25) is 0 Å². The van der Waals surface area contributed by atoms with E-state index >= 15 is 0 Å². The summed E-state index contributed by atoms with van der Waals surface area (Å²) in [5.74, 6) is 0.443. The molecule has 0 spiro atoms. The zero-order valence-corrected chi connectivity index (χ0v) is 16.1. The third-order valence-corrected chi connectivity index (χ3v) is 4.32. The highest BCUT2D eigenvalue weighted by molar-refractivity contribution is 5.92. The third kappa shape index (κ3) is 5.48. The first-order chi connectivity index (χ1) is 13.0. The van der Waals surface area contributed by atoms with Crippen LogP contribution < -0.4 is 14.8 Å². The molecule has 0 aromatic heterocycles. The van der Waals surface area contributed by atoms with Crippen molar-refractivity contribution in [1.29, 1.82) is 0 Å². The van der Waals surface area contributed by atoms with Gasteiger partial charge < -0.3 is 19.5 Å². The highest BCUT2D eigenvalue weighted by Crippen LogP contribution is 2.28. The summed E-state index contributed by atoms with van der Waals surface area (Å²) in [6, 6.07) is 12.4. The van der Waals surface area contributed by atoms with E-state index in [9.17, 15) is 9.59 Å². The van der Waals surface area contributed by atoms with Crippen LogP contribution in [-0.4, -0.2) is 32.7 Å². The Morgan fingerprint density at radius 3 is 2.33 bits per heavy atom. The predicted molar refractivity (Wildman–Crippen MR) is 104 cm³/mol. The molecule has 6 nitrogen and oxygen atoms in total. The molecule has 144 valence electrons. The maximum atomic E-state index is 12.1. The normalized spacial score (nSPS) is 11.4. The van der Waals surface area contributed by atoms with Crippen LogP contribution >= 0.6 is 0 Å². The highest BCUT2D eigenvalue weighted by atomic mass is 16.5. The van der Waals surface area contributed by atoms with E-state index in [1.165, 1.54) is 25.8 Å². The maximum Gasteiger partial charge on any atom is 0.337 e. The molecule has 1 atom stereocenters. The first-order valence-corrected chi connectivity index (χ1v) is 8.77. The summed E-state index contributed by atoms with van der Waals surface area (Å²) >= 11 is 0. The monoisotopic (exact) mass is 371 g/mol. The number of carbonyl (C=O) groups excluding carboxylic acids is 2. The second-order valence-corrected chi connectivity index (χ2v) is 6.13. The zero-order chi connectivity index (χ0) is 19.8. The van der Waals surface area contributed by atoms with Crippen LogP contribution in [0.15, 0.2) is 42.5 Å². The Bertz CT molecular complexity index is 786. The van der Waals surface area contributed by atoms with E-state index in [2.05, 4.69) is 23.9 Å². The molecule has 0 bridgehead atoms. The van der Waals surface area contributed by atoms with Crippen molar-refractivity contribution in [1.82, 2.24) is 0 Å². The molecular weight excluding hydrogens is 346 g/mol. The minimum absolute atomic E-state index is 0.180. The summed E-state index contributed by atoms with van der Waals surface area (Å²) in [5.41, 5.74) is 2.29. The summed E-state index contributed by atoms with van der Waals surface area (Å²) in [4.78, 5) is 23.7. The number of hydrogen-bond acceptors (Lipinski definition) is 5. The molecule has 0 aliphatic heterocycles. The van der Waals surface area contributed by atoms with Gasteiger partial charge in [0.05, 0.1) is 19.8 Å². The van der Waals surface area contributed by atoms with E-state index < -0.39 is 5.97 Å². The molecule has 0 unspecified atom stereocenters. The van der Waals surface area contributed by atoms with Gasteiger partial charge in [-0.3, -0.25) is 4.79 Å². The van der Waals surface area contributed by atoms with Crippen LogP contribution in [0, 0.1) is 0 Å². The first-order valence-electron chi connectivity index (χ1n) is 8.77. The van der Waals surface area contributed by atoms with Gasteiger partial charge in [0.15, 0.2) is 18.1 Å². The molecular formula is C21H25NO5. The molecule has 2 aromatic carbocycles. The van der Waals surface area contributed by atoms with Crippen molar-refractivity contribution in [3.8, 4) is 11.5 Å². The minimum Gasteiger partial charge on any atom is -0.493 e. The second kappa shape index (κ2) is 9.62. The third-order valence-electron chi connectivity index (χ3n) is 4.32. The molecule has 0 aliphatic carbocycles. The Morgan fingerprint density at radius 2 is 1.74 bits per heavy atom. The fourth-order valence-electron chi connectivity index (χ4n) is 2.50. The second-order valence-electron chi connectivity index (χ2n) is 6.13. The van der Waals surface area contributed by atoms with Gasteiger partial charge in [0.25, 0.3) is 5.91 Å². The van der Waals surface area contributed by atoms with Crippen LogP contribution in [-0.2, 0) is 9.53 Å². The summed E-state index contributed by atoms with van der Waals surface area (Å²) in [6.07, 6.45) is 1.07. The Hall–Kier alpha value is -3.02.